The van der Waals surface area contributed by atoms with Gasteiger partial charge in [0.25, 0.3) is 0 Å². The molecular formula is C30H35ClFN3O4S. The largest absolute Gasteiger partial charge is 0.354 e. The van der Waals surface area contributed by atoms with E-state index in [1.807, 2.05) is 75.4 Å². The van der Waals surface area contributed by atoms with Crippen molar-refractivity contribution in [3.05, 3.63) is 100 Å². The van der Waals surface area contributed by atoms with Gasteiger partial charge in [0.15, 0.2) is 0 Å². The predicted molar refractivity (Wildman–Crippen MR) is 157 cm³/mol. The molecule has 10 heteroatoms. The summed E-state index contributed by atoms with van der Waals surface area (Å²) < 4.78 is 40.3. The number of aryl methyl sites for hydroxylation is 1. The fourth-order valence-electron chi connectivity index (χ4n) is 4.12. The van der Waals surface area contributed by atoms with Gasteiger partial charge in [-0.05, 0) is 42.2 Å². The van der Waals surface area contributed by atoms with Crippen molar-refractivity contribution in [1.29, 1.82) is 0 Å². The molecule has 0 fully saturated rings. The lowest BCUT2D eigenvalue weighted by Gasteiger charge is -2.33. The Morgan fingerprint density at radius 1 is 0.975 bits per heavy atom. The molecule has 40 heavy (non-hydrogen) atoms. The highest BCUT2D eigenvalue weighted by molar-refractivity contribution is 7.92. The van der Waals surface area contributed by atoms with Crippen molar-refractivity contribution < 1.29 is 22.4 Å². The Labute approximate surface area is 241 Å². The van der Waals surface area contributed by atoms with E-state index in [9.17, 15) is 22.4 Å². The Morgan fingerprint density at radius 2 is 1.62 bits per heavy atom. The molecule has 0 saturated carbocycles. The Balaban J connectivity index is 2.05. The SMILES string of the molecule is Cc1ccc(CN(C(=O)CN(c2ccc(F)c(Cl)c2)S(C)(=O)=O)[C@H](Cc2ccccc2)C(=O)NCC(C)C)cc1. The van der Waals surface area contributed by atoms with Gasteiger partial charge in [0.05, 0.1) is 17.0 Å². The number of anilines is 1. The molecule has 1 atom stereocenters. The summed E-state index contributed by atoms with van der Waals surface area (Å²) in [5.74, 6) is -1.46. The normalized spacial score (nSPS) is 12.2. The molecule has 0 aliphatic rings. The number of sulfonamides is 1. The second kappa shape index (κ2) is 13.8. The van der Waals surface area contributed by atoms with Gasteiger partial charge < -0.3 is 10.2 Å². The molecule has 0 aliphatic carbocycles. The van der Waals surface area contributed by atoms with Crippen LogP contribution in [0.15, 0.2) is 72.8 Å². The molecule has 0 radical (unpaired) electrons. The number of carbonyl (C=O) groups is 2. The minimum atomic E-state index is -3.98. The van der Waals surface area contributed by atoms with E-state index < -0.39 is 34.3 Å². The summed E-state index contributed by atoms with van der Waals surface area (Å²) in [5, 5.41) is 2.66. The minimum absolute atomic E-state index is 0.0430. The van der Waals surface area contributed by atoms with Crippen LogP contribution >= 0.6 is 11.6 Å². The van der Waals surface area contributed by atoms with Crippen molar-refractivity contribution in [1.82, 2.24) is 10.2 Å². The zero-order chi connectivity index (χ0) is 29.4. The molecule has 0 unspecified atom stereocenters. The molecule has 7 nitrogen and oxygen atoms in total. The van der Waals surface area contributed by atoms with E-state index in [2.05, 4.69) is 5.32 Å². The number of carbonyl (C=O) groups excluding carboxylic acids is 2. The zero-order valence-electron chi connectivity index (χ0n) is 23.1. The number of hydrogen-bond donors (Lipinski definition) is 1. The summed E-state index contributed by atoms with van der Waals surface area (Å²) in [7, 11) is -3.98. The zero-order valence-corrected chi connectivity index (χ0v) is 24.7. The number of rotatable bonds is 12. The highest BCUT2D eigenvalue weighted by atomic mass is 35.5. The molecule has 3 rings (SSSR count). The van der Waals surface area contributed by atoms with Gasteiger partial charge in [-0.1, -0.05) is 85.6 Å². The van der Waals surface area contributed by atoms with Crippen molar-refractivity contribution in [2.45, 2.75) is 39.8 Å². The summed E-state index contributed by atoms with van der Waals surface area (Å²) in [4.78, 5) is 29.0. The third kappa shape index (κ3) is 8.79. The second-order valence-corrected chi connectivity index (χ2v) is 12.5. The van der Waals surface area contributed by atoms with Crippen molar-refractivity contribution in [3.8, 4) is 0 Å². The number of halogens is 2. The third-order valence-corrected chi connectivity index (χ3v) is 7.73. The topological polar surface area (TPSA) is 86.8 Å². The van der Waals surface area contributed by atoms with Crippen LogP contribution in [-0.4, -0.2) is 50.5 Å². The van der Waals surface area contributed by atoms with Crippen molar-refractivity contribution >= 4 is 39.1 Å². The maximum absolute atomic E-state index is 14.0. The van der Waals surface area contributed by atoms with Gasteiger partial charge in [-0.25, -0.2) is 12.8 Å². The van der Waals surface area contributed by atoms with E-state index >= 15 is 0 Å². The lowest BCUT2D eigenvalue weighted by Crippen LogP contribution is -2.53. The quantitative estimate of drug-likeness (QED) is 0.324. The molecular weight excluding hydrogens is 553 g/mol. The first-order valence-corrected chi connectivity index (χ1v) is 15.2. The molecule has 0 spiro atoms. The molecule has 0 aliphatic heterocycles. The number of benzene rings is 3. The van der Waals surface area contributed by atoms with Crippen LogP contribution in [0.2, 0.25) is 5.02 Å². The van der Waals surface area contributed by atoms with Crippen LogP contribution in [0, 0.1) is 18.7 Å². The van der Waals surface area contributed by atoms with Crippen molar-refractivity contribution in [3.63, 3.8) is 0 Å². The highest BCUT2D eigenvalue weighted by Crippen LogP contribution is 2.25. The fourth-order valence-corrected chi connectivity index (χ4v) is 5.14. The molecule has 1 N–H and O–H groups in total. The van der Waals surface area contributed by atoms with E-state index in [0.717, 1.165) is 39.4 Å². The van der Waals surface area contributed by atoms with Crippen LogP contribution in [0.4, 0.5) is 10.1 Å². The van der Waals surface area contributed by atoms with Crippen LogP contribution in [0.25, 0.3) is 0 Å². The van der Waals surface area contributed by atoms with Crippen molar-refractivity contribution in [2.75, 3.05) is 23.7 Å². The number of nitrogens with zero attached hydrogens (tertiary/aromatic N) is 2. The van der Waals surface area contributed by atoms with E-state index in [1.54, 1.807) is 0 Å². The third-order valence-electron chi connectivity index (χ3n) is 6.30. The summed E-state index contributed by atoms with van der Waals surface area (Å²) in [5.41, 5.74) is 2.71. The molecule has 214 valence electrons. The first-order valence-electron chi connectivity index (χ1n) is 12.9. The average Bonchev–Trinajstić information content (AvgIpc) is 2.90. The summed E-state index contributed by atoms with van der Waals surface area (Å²) in [6.45, 7) is 5.78. The van der Waals surface area contributed by atoms with E-state index in [0.29, 0.717) is 6.54 Å². The van der Waals surface area contributed by atoms with Gasteiger partial charge in [-0.3, -0.25) is 13.9 Å². The summed E-state index contributed by atoms with van der Waals surface area (Å²) in [6, 6.07) is 19.4. The van der Waals surface area contributed by atoms with Crippen LogP contribution in [0.3, 0.4) is 0 Å². The number of amides is 2. The highest BCUT2D eigenvalue weighted by Gasteiger charge is 2.33. The van der Waals surface area contributed by atoms with Gasteiger partial charge in [-0.2, -0.15) is 0 Å². The fraction of sp³-hybridized carbons (Fsp3) is 0.333. The number of nitrogens with one attached hydrogen (secondary N) is 1. The Morgan fingerprint density at radius 3 is 2.20 bits per heavy atom. The molecule has 3 aromatic rings. The maximum atomic E-state index is 14.0. The molecule has 2 amide bonds. The first-order chi connectivity index (χ1) is 18.8. The average molecular weight is 588 g/mol. The maximum Gasteiger partial charge on any atom is 0.244 e. The minimum Gasteiger partial charge on any atom is -0.354 e. The molecule has 0 aromatic heterocycles. The van der Waals surface area contributed by atoms with Gasteiger partial charge >= 0.3 is 0 Å². The molecule has 3 aromatic carbocycles. The van der Waals surface area contributed by atoms with Gasteiger partial charge in [0.1, 0.15) is 18.4 Å². The van der Waals surface area contributed by atoms with E-state index in [1.165, 1.54) is 11.0 Å². The number of hydrogen-bond acceptors (Lipinski definition) is 4. The first kappa shape index (κ1) is 31.1. The van der Waals surface area contributed by atoms with Gasteiger partial charge in [0, 0.05) is 19.5 Å². The summed E-state index contributed by atoms with van der Waals surface area (Å²) in [6.07, 6.45) is 1.18. The lowest BCUT2D eigenvalue weighted by molar-refractivity contribution is -0.140. The van der Waals surface area contributed by atoms with Crippen LogP contribution in [0.5, 0.6) is 0 Å². The smallest absolute Gasteiger partial charge is 0.244 e. The Bertz CT molecular complexity index is 1420. The summed E-state index contributed by atoms with van der Waals surface area (Å²) >= 11 is 5.92. The van der Waals surface area contributed by atoms with E-state index in [-0.39, 0.29) is 35.5 Å². The molecule has 0 bridgehead atoms. The predicted octanol–water partition coefficient (Wildman–Crippen LogP) is 4.97. The van der Waals surface area contributed by atoms with Crippen LogP contribution in [-0.2, 0) is 32.6 Å². The molecule has 0 saturated heterocycles. The molecule has 0 heterocycles. The van der Waals surface area contributed by atoms with Crippen molar-refractivity contribution in [2.24, 2.45) is 5.92 Å². The Hall–Kier alpha value is -3.43. The second-order valence-electron chi connectivity index (χ2n) is 10.2. The lowest BCUT2D eigenvalue weighted by atomic mass is 10.0. The van der Waals surface area contributed by atoms with Gasteiger partial charge in [-0.15, -0.1) is 0 Å². The van der Waals surface area contributed by atoms with E-state index in [4.69, 9.17) is 11.6 Å². The Kier molecular flexibility index (Phi) is 10.7. The van der Waals surface area contributed by atoms with Crippen LogP contribution in [0.1, 0.15) is 30.5 Å². The van der Waals surface area contributed by atoms with Gasteiger partial charge in [0.2, 0.25) is 21.8 Å². The monoisotopic (exact) mass is 587 g/mol. The van der Waals surface area contributed by atoms with Crippen LogP contribution < -0.4 is 9.62 Å². The standard InChI is InChI=1S/C30H35ClFN3O4S/c1-21(2)18-33-30(37)28(16-23-8-6-5-7-9-23)34(19-24-12-10-22(3)11-13-24)29(36)20-35(40(4,38)39)25-14-15-27(32)26(31)17-25/h5-15,17,21,28H,16,18-20H2,1-4H3,(H,33,37)/t28-/m1/s1.